The Morgan fingerprint density at radius 2 is 1.77 bits per heavy atom. The number of carbonyl (C=O) groups is 2. The summed E-state index contributed by atoms with van der Waals surface area (Å²) in [6.45, 7) is 3.59. The number of nitrogens with zero attached hydrogens (tertiary/aromatic N) is 2. The fourth-order valence-electron chi connectivity index (χ4n) is 3.36. The highest BCUT2D eigenvalue weighted by molar-refractivity contribution is 7.99. The summed E-state index contributed by atoms with van der Waals surface area (Å²) in [6.07, 6.45) is 0. The van der Waals surface area contributed by atoms with Gasteiger partial charge in [-0.2, -0.15) is 0 Å². The summed E-state index contributed by atoms with van der Waals surface area (Å²) in [5.41, 5.74) is 3.71. The Bertz CT molecular complexity index is 893. The number of benzene rings is 2. The van der Waals surface area contributed by atoms with E-state index in [9.17, 15) is 9.59 Å². The van der Waals surface area contributed by atoms with Crippen LogP contribution in [-0.2, 0) is 4.79 Å². The molecule has 0 saturated carbocycles. The van der Waals surface area contributed by atoms with Gasteiger partial charge in [-0.1, -0.05) is 29.8 Å². The van der Waals surface area contributed by atoms with Crippen molar-refractivity contribution in [1.29, 1.82) is 0 Å². The smallest absolute Gasteiger partial charge is 0.257 e. The van der Waals surface area contributed by atoms with Crippen LogP contribution in [0.3, 0.4) is 0 Å². The Morgan fingerprint density at radius 1 is 1.12 bits per heavy atom. The molecule has 2 aliphatic rings. The third-order valence-corrected chi connectivity index (χ3v) is 6.53. The molecule has 0 spiro atoms. The van der Waals surface area contributed by atoms with Crippen molar-refractivity contribution in [2.75, 3.05) is 10.7 Å². The monoisotopic (exact) mass is 382 g/mol. The van der Waals surface area contributed by atoms with E-state index in [0.717, 1.165) is 11.3 Å². The lowest BCUT2D eigenvalue weighted by Crippen LogP contribution is -2.33. The van der Waals surface area contributed by atoms with Crippen LogP contribution in [0.25, 0.3) is 0 Å². The summed E-state index contributed by atoms with van der Waals surface area (Å²) < 4.78 is 0. The molecule has 0 bridgehead atoms. The fourth-order valence-corrected chi connectivity index (χ4v) is 5.28. The van der Waals surface area contributed by atoms with Crippen LogP contribution in [0, 0.1) is 6.92 Å². The molecule has 4 rings (SSSR count). The summed E-state index contributed by atoms with van der Waals surface area (Å²) in [4.78, 5) is 28.1. The van der Waals surface area contributed by atoms with E-state index in [4.69, 9.17) is 12.2 Å². The summed E-state index contributed by atoms with van der Waals surface area (Å²) in [5.74, 6) is 0.732. The first-order chi connectivity index (χ1) is 12.5. The molecular formula is C20H18N2O2S2. The number of anilines is 1. The van der Waals surface area contributed by atoms with Gasteiger partial charge in [-0.25, -0.2) is 0 Å². The molecule has 2 heterocycles. The zero-order valence-electron chi connectivity index (χ0n) is 14.5. The number of hydrogen-bond donors (Lipinski definition) is 0. The SMILES string of the molecule is CC(=O)c1ccc(N2C(=O)C3CSC(c4ccc(C)cc4)N3C2=S)cc1. The normalized spacial score (nSPS) is 22.1. The van der Waals surface area contributed by atoms with Gasteiger partial charge >= 0.3 is 0 Å². The lowest BCUT2D eigenvalue weighted by Gasteiger charge is -2.25. The molecule has 2 aromatic carbocycles. The minimum Gasteiger partial charge on any atom is -0.319 e. The van der Waals surface area contributed by atoms with E-state index < -0.39 is 0 Å². The highest BCUT2D eigenvalue weighted by Crippen LogP contribution is 2.46. The molecule has 132 valence electrons. The first-order valence-electron chi connectivity index (χ1n) is 8.43. The van der Waals surface area contributed by atoms with Crippen molar-refractivity contribution < 1.29 is 9.59 Å². The fraction of sp³-hybridized carbons (Fsp3) is 0.250. The molecule has 6 heteroatoms. The van der Waals surface area contributed by atoms with Gasteiger partial charge in [0.05, 0.1) is 5.69 Å². The second-order valence-corrected chi connectivity index (χ2v) is 8.06. The average molecular weight is 383 g/mol. The van der Waals surface area contributed by atoms with E-state index in [1.54, 1.807) is 40.9 Å². The molecule has 2 unspecified atom stereocenters. The number of carbonyl (C=O) groups excluding carboxylic acids is 2. The number of ketones is 1. The topological polar surface area (TPSA) is 40.6 Å². The molecule has 26 heavy (non-hydrogen) atoms. The van der Waals surface area contributed by atoms with Gasteiger partial charge in [-0.15, -0.1) is 11.8 Å². The van der Waals surface area contributed by atoms with E-state index in [1.165, 1.54) is 12.5 Å². The Kier molecular flexibility index (Phi) is 4.32. The summed E-state index contributed by atoms with van der Waals surface area (Å²) in [5, 5.41) is 0.588. The second-order valence-electron chi connectivity index (χ2n) is 6.58. The van der Waals surface area contributed by atoms with Crippen LogP contribution in [-0.4, -0.2) is 33.5 Å². The van der Waals surface area contributed by atoms with Crippen molar-refractivity contribution in [2.45, 2.75) is 25.3 Å². The average Bonchev–Trinajstić information content (AvgIpc) is 3.17. The van der Waals surface area contributed by atoms with Crippen molar-refractivity contribution in [1.82, 2.24) is 4.90 Å². The maximum Gasteiger partial charge on any atom is 0.257 e. The van der Waals surface area contributed by atoms with Crippen molar-refractivity contribution >= 4 is 46.5 Å². The van der Waals surface area contributed by atoms with E-state index in [-0.39, 0.29) is 23.1 Å². The highest BCUT2D eigenvalue weighted by atomic mass is 32.2. The zero-order valence-corrected chi connectivity index (χ0v) is 16.1. The highest BCUT2D eigenvalue weighted by Gasteiger charge is 2.50. The van der Waals surface area contributed by atoms with E-state index >= 15 is 0 Å². The number of thioether (sulfide) groups is 1. The molecule has 0 aromatic heterocycles. The number of hydrogen-bond acceptors (Lipinski definition) is 4. The molecule has 0 radical (unpaired) electrons. The number of thiocarbonyl (C=S) groups is 1. The van der Waals surface area contributed by atoms with Gasteiger partial charge in [-0.05, 0) is 55.9 Å². The lowest BCUT2D eigenvalue weighted by atomic mass is 10.1. The van der Waals surface area contributed by atoms with Crippen LogP contribution in [0.5, 0.6) is 0 Å². The summed E-state index contributed by atoms with van der Waals surface area (Å²) in [6, 6.07) is 15.2. The second kappa shape index (κ2) is 6.52. The summed E-state index contributed by atoms with van der Waals surface area (Å²) in [7, 11) is 0. The van der Waals surface area contributed by atoms with Crippen molar-refractivity contribution in [3.63, 3.8) is 0 Å². The Morgan fingerprint density at radius 3 is 2.38 bits per heavy atom. The Labute approximate surface area is 162 Å². The van der Waals surface area contributed by atoms with Gasteiger partial charge in [0.15, 0.2) is 10.9 Å². The molecule has 2 fully saturated rings. The summed E-state index contributed by atoms with van der Waals surface area (Å²) >= 11 is 7.43. The van der Waals surface area contributed by atoms with Crippen molar-refractivity contribution in [2.24, 2.45) is 0 Å². The molecule has 2 atom stereocenters. The molecule has 2 aromatic rings. The molecule has 1 amide bonds. The first kappa shape index (κ1) is 17.2. The van der Waals surface area contributed by atoms with Crippen LogP contribution >= 0.6 is 24.0 Å². The van der Waals surface area contributed by atoms with Gasteiger partial charge < -0.3 is 4.90 Å². The van der Waals surface area contributed by atoms with Crippen LogP contribution < -0.4 is 4.90 Å². The Balaban J connectivity index is 1.64. The third kappa shape index (κ3) is 2.73. The minimum atomic E-state index is -0.230. The molecule has 0 N–H and O–H groups in total. The largest absolute Gasteiger partial charge is 0.319 e. The van der Waals surface area contributed by atoms with E-state index in [2.05, 4.69) is 31.2 Å². The van der Waals surface area contributed by atoms with Gasteiger partial charge in [0.25, 0.3) is 5.91 Å². The van der Waals surface area contributed by atoms with Gasteiger partial charge in [0.2, 0.25) is 0 Å². The quantitative estimate of drug-likeness (QED) is 0.594. The van der Waals surface area contributed by atoms with Crippen LogP contribution in [0.15, 0.2) is 48.5 Å². The maximum atomic E-state index is 13.0. The van der Waals surface area contributed by atoms with Gasteiger partial charge in [0.1, 0.15) is 11.4 Å². The number of rotatable bonds is 3. The number of Topliss-reactive ketones (excluding diaryl/α,β-unsaturated/α-hetero) is 1. The maximum absolute atomic E-state index is 13.0. The van der Waals surface area contributed by atoms with Crippen molar-refractivity contribution in [3.8, 4) is 0 Å². The van der Waals surface area contributed by atoms with Crippen LogP contribution in [0.4, 0.5) is 5.69 Å². The lowest BCUT2D eigenvalue weighted by molar-refractivity contribution is -0.119. The number of fused-ring (bicyclic) bond motifs is 1. The predicted octanol–water partition coefficient (Wildman–Crippen LogP) is 3.95. The molecular weight excluding hydrogens is 364 g/mol. The Hall–Kier alpha value is -2.18. The standard InChI is InChI=1S/C20H18N2O2S2/c1-12-3-5-15(6-4-12)19-22-17(11-26-19)18(24)21(20(22)25)16-9-7-14(8-10-16)13(2)23/h3-10,17,19H,11H2,1-2H3. The van der Waals surface area contributed by atoms with E-state index in [1.807, 2.05) is 4.90 Å². The minimum absolute atomic E-state index is 0.00308. The molecule has 2 aliphatic heterocycles. The van der Waals surface area contributed by atoms with Crippen molar-refractivity contribution in [3.05, 3.63) is 65.2 Å². The first-order valence-corrected chi connectivity index (χ1v) is 9.88. The predicted molar refractivity (Wildman–Crippen MR) is 109 cm³/mol. The third-order valence-electron chi connectivity index (χ3n) is 4.81. The zero-order chi connectivity index (χ0) is 18.4. The molecule has 0 aliphatic carbocycles. The number of aryl methyl sites for hydroxylation is 1. The number of amides is 1. The van der Waals surface area contributed by atoms with Crippen LogP contribution in [0.2, 0.25) is 0 Å². The van der Waals surface area contributed by atoms with Crippen LogP contribution in [0.1, 0.15) is 33.8 Å². The molecule has 4 nitrogen and oxygen atoms in total. The molecule has 2 saturated heterocycles. The van der Waals surface area contributed by atoms with Gasteiger partial charge in [0, 0.05) is 11.3 Å². The van der Waals surface area contributed by atoms with E-state index in [0.29, 0.717) is 16.4 Å². The van der Waals surface area contributed by atoms with Gasteiger partial charge in [-0.3, -0.25) is 14.5 Å².